The third-order valence-corrected chi connectivity index (χ3v) is 5.24. The zero-order chi connectivity index (χ0) is 20.6. The van der Waals surface area contributed by atoms with Gasteiger partial charge in [-0.25, -0.2) is 4.98 Å². The molecule has 2 heterocycles. The number of methoxy groups -OCH3 is 1. The van der Waals surface area contributed by atoms with E-state index in [0.29, 0.717) is 32.0 Å². The lowest BCUT2D eigenvalue weighted by Gasteiger charge is -2.35. The number of aromatic nitrogens is 2. The molecule has 0 spiro atoms. The summed E-state index contributed by atoms with van der Waals surface area (Å²) in [7, 11) is 1.63. The molecule has 156 valence electrons. The first-order valence-electron chi connectivity index (χ1n) is 10.3. The fourth-order valence-electron chi connectivity index (χ4n) is 3.75. The number of carbonyl (C=O) groups is 1. The van der Waals surface area contributed by atoms with Gasteiger partial charge >= 0.3 is 0 Å². The van der Waals surface area contributed by atoms with E-state index in [4.69, 9.17) is 9.47 Å². The van der Waals surface area contributed by atoms with E-state index in [9.17, 15) is 4.79 Å². The van der Waals surface area contributed by atoms with E-state index >= 15 is 0 Å². The van der Waals surface area contributed by atoms with Crippen molar-refractivity contribution in [1.29, 1.82) is 0 Å². The number of benzene rings is 1. The Balaban J connectivity index is 1.68. The van der Waals surface area contributed by atoms with Gasteiger partial charge in [0.25, 0.3) is 0 Å². The fourth-order valence-corrected chi connectivity index (χ4v) is 3.75. The summed E-state index contributed by atoms with van der Waals surface area (Å²) in [5.74, 6) is 2.41. The highest BCUT2D eigenvalue weighted by atomic mass is 16.5. The second-order valence-corrected chi connectivity index (χ2v) is 7.12. The minimum absolute atomic E-state index is 0.0321. The van der Waals surface area contributed by atoms with Crippen LogP contribution in [0.2, 0.25) is 0 Å². The summed E-state index contributed by atoms with van der Waals surface area (Å²) in [6, 6.07) is 5.86. The summed E-state index contributed by atoms with van der Waals surface area (Å²) >= 11 is 0. The van der Waals surface area contributed by atoms with E-state index in [-0.39, 0.29) is 11.8 Å². The zero-order valence-corrected chi connectivity index (χ0v) is 17.5. The van der Waals surface area contributed by atoms with Crippen LogP contribution < -0.4 is 14.4 Å². The van der Waals surface area contributed by atoms with Crippen molar-refractivity contribution in [3.63, 3.8) is 0 Å². The Labute approximate surface area is 172 Å². The lowest BCUT2D eigenvalue weighted by atomic mass is 9.96. The Kier molecular flexibility index (Phi) is 7.27. The lowest BCUT2D eigenvalue weighted by molar-refractivity contribution is -0.136. The molecule has 0 aliphatic carbocycles. The van der Waals surface area contributed by atoms with Gasteiger partial charge in [0, 0.05) is 38.6 Å². The van der Waals surface area contributed by atoms with Crippen LogP contribution in [0.1, 0.15) is 32.3 Å². The smallest absolute Gasteiger partial charge is 0.227 e. The van der Waals surface area contributed by atoms with E-state index < -0.39 is 0 Å². The van der Waals surface area contributed by atoms with Crippen molar-refractivity contribution in [3.8, 4) is 11.5 Å². The number of rotatable bonds is 8. The SMILES string of the molecule is CCOc1ccc(CN(CC)C(=O)C2CCCN(c3cnccn3)C2)cc1OC. The molecule has 0 bridgehead atoms. The Morgan fingerprint density at radius 2 is 2.14 bits per heavy atom. The van der Waals surface area contributed by atoms with Gasteiger partial charge in [0.15, 0.2) is 11.5 Å². The maximum absolute atomic E-state index is 13.2. The number of nitrogens with zero attached hydrogens (tertiary/aromatic N) is 4. The third-order valence-electron chi connectivity index (χ3n) is 5.24. The molecule has 1 aromatic carbocycles. The molecule has 1 aliphatic heterocycles. The van der Waals surface area contributed by atoms with Crippen molar-refractivity contribution in [2.45, 2.75) is 33.2 Å². The topological polar surface area (TPSA) is 67.8 Å². The number of ether oxygens (including phenoxy) is 2. The minimum atomic E-state index is -0.0321. The van der Waals surface area contributed by atoms with Crippen molar-refractivity contribution in [1.82, 2.24) is 14.9 Å². The van der Waals surface area contributed by atoms with E-state index in [1.807, 2.05) is 36.9 Å². The number of piperidine rings is 1. The molecule has 0 N–H and O–H groups in total. The van der Waals surface area contributed by atoms with Crippen molar-refractivity contribution < 1.29 is 14.3 Å². The van der Waals surface area contributed by atoms with Gasteiger partial charge in [0.05, 0.1) is 25.8 Å². The number of anilines is 1. The molecule has 1 amide bonds. The van der Waals surface area contributed by atoms with Crippen molar-refractivity contribution >= 4 is 11.7 Å². The molecule has 2 aromatic rings. The monoisotopic (exact) mass is 398 g/mol. The normalized spacial score (nSPS) is 16.4. The Morgan fingerprint density at radius 3 is 2.83 bits per heavy atom. The number of carbonyl (C=O) groups excluding carboxylic acids is 1. The molecular weight excluding hydrogens is 368 g/mol. The predicted octanol–water partition coefficient (Wildman–Crippen LogP) is 3.15. The van der Waals surface area contributed by atoms with E-state index in [1.165, 1.54) is 0 Å². The molecular formula is C22H30N4O3. The summed E-state index contributed by atoms with van der Waals surface area (Å²) in [6.45, 7) is 7.35. The highest BCUT2D eigenvalue weighted by molar-refractivity contribution is 5.79. The van der Waals surface area contributed by atoms with Crippen LogP contribution in [0.5, 0.6) is 11.5 Å². The van der Waals surface area contributed by atoms with Crippen molar-refractivity contribution in [3.05, 3.63) is 42.4 Å². The van der Waals surface area contributed by atoms with Gasteiger partial charge < -0.3 is 19.3 Å². The summed E-state index contributed by atoms with van der Waals surface area (Å²) in [5, 5.41) is 0. The van der Waals surface area contributed by atoms with Gasteiger partial charge in [-0.05, 0) is 44.4 Å². The number of hydrogen-bond acceptors (Lipinski definition) is 6. The van der Waals surface area contributed by atoms with Crippen LogP contribution in [0, 0.1) is 5.92 Å². The van der Waals surface area contributed by atoms with Crippen LogP contribution in [0.25, 0.3) is 0 Å². The van der Waals surface area contributed by atoms with E-state index in [0.717, 1.165) is 36.5 Å². The summed E-state index contributed by atoms with van der Waals surface area (Å²) in [6.07, 6.45) is 7.00. The largest absolute Gasteiger partial charge is 0.493 e. The Hall–Kier alpha value is -2.83. The zero-order valence-electron chi connectivity index (χ0n) is 17.5. The van der Waals surface area contributed by atoms with Crippen LogP contribution >= 0.6 is 0 Å². The second kappa shape index (κ2) is 10.1. The average Bonchev–Trinajstić information content (AvgIpc) is 2.78. The quantitative estimate of drug-likeness (QED) is 0.680. The summed E-state index contributed by atoms with van der Waals surface area (Å²) < 4.78 is 11.0. The van der Waals surface area contributed by atoms with Gasteiger partial charge in [-0.2, -0.15) is 0 Å². The lowest BCUT2D eigenvalue weighted by Crippen LogP contribution is -2.45. The van der Waals surface area contributed by atoms with E-state index in [1.54, 1.807) is 25.7 Å². The maximum atomic E-state index is 13.2. The van der Waals surface area contributed by atoms with Crippen LogP contribution in [-0.4, -0.2) is 54.1 Å². The molecule has 3 rings (SSSR count). The van der Waals surface area contributed by atoms with Crippen LogP contribution in [0.3, 0.4) is 0 Å². The fraction of sp³-hybridized carbons (Fsp3) is 0.500. The molecule has 1 aliphatic rings. The molecule has 1 atom stereocenters. The maximum Gasteiger partial charge on any atom is 0.227 e. The number of amides is 1. The molecule has 7 heteroatoms. The van der Waals surface area contributed by atoms with Crippen LogP contribution in [0.4, 0.5) is 5.82 Å². The molecule has 7 nitrogen and oxygen atoms in total. The average molecular weight is 399 g/mol. The predicted molar refractivity (Wildman–Crippen MR) is 112 cm³/mol. The third kappa shape index (κ3) is 5.16. The first kappa shape index (κ1) is 20.9. The molecule has 0 saturated carbocycles. The molecule has 1 saturated heterocycles. The summed E-state index contributed by atoms with van der Waals surface area (Å²) in [5.41, 5.74) is 1.03. The minimum Gasteiger partial charge on any atom is -0.493 e. The molecule has 1 unspecified atom stereocenters. The highest BCUT2D eigenvalue weighted by Crippen LogP contribution is 2.29. The Morgan fingerprint density at radius 1 is 1.28 bits per heavy atom. The first-order valence-corrected chi connectivity index (χ1v) is 10.3. The van der Waals surface area contributed by atoms with Gasteiger partial charge in [-0.1, -0.05) is 6.07 Å². The molecule has 0 radical (unpaired) electrons. The van der Waals surface area contributed by atoms with Gasteiger partial charge in [0.2, 0.25) is 5.91 Å². The van der Waals surface area contributed by atoms with Crippen LogP contribution in [-0.2, 0) is 11.3 Å². The van der Waals surface area contributed by atoms with Crippen LogP contribution in [0.15, 0.2) is 36.8 Å². The molecule has 29 heavy (non-hydrogen) atoms. The molecule has 1 aromatic heterocycles. The first-order chi connectivity index (χ1) is 14.2. The van der Waals surface area contributed by atoms with Gasteiger partial charge in [-0.3, -0.25) is 9.78 Å². The van der Waals surface area contributed by atoms with Gasteiger partial charge in [0.1, 0.15) is 5.82 Å². The Bertz CT molecular complexity index is 800. The van der Waals surface area contributed by atoms with E-state index in [2.05, 4.69) is 14.9 Å². The summed E-state index contributed by atoms with van der Waals surface area (Å²) in [4.78, 5) is 25.9. The second-order valence-electron chi connectivity index (χ2n) is 7.12. The number of hydrogen-bond donors (Lipinski definition) is 0. The van der Waals surface area contributed by atoms with Gasteiger partial charge in [-0.15, -0.1) is 0 Å². The highest BCUT2D eigenvalue weighted by Gasteiger charge is 2.29. The van der Waals surface area contributed by atoms with Crippen molar-refractivity contribution in [2.75, 3.05) is 38.3 Å². The van der Waals surface area contributed by atoms with Crippen molar-refractivity contribution in [2.24, 2.45) is 5.92 Å². The molecule has 1 fully saturated rings. The standard InChI is InChI=1S/C22H30N4O3/c1-4-25(15-17-8-9-19(29-5-2)20(13-17)28-3)22(27)18-7-6-12-26(16-18)21-14-23-10-11-24-21/h8-11,13-14,18H,4-7,12,15-16H2,1-3H3.